The highest BCUT2D eigenvalue weighted by molar-refractivity contribution is 7.16. The number of hydrogen-bond donors (Lipinski definition) is 2. The second-order valence-electron chi connectivity index (χ2n) is 4.36. The van der Waals surface area contributed by atoms with Crippen molar-refractivity contribution < 1.29 is 9.90 Å². The van der Waals surface area contributed by atoms with E-state index >= 15 is 0 Å². The van der Waals surface area contributed by atoms with E-state index in [0.717, 1.165) is 22.6 Å². The summed E-state index contributed by atoms with van der Waals surface area (Å²) in [6.45, 7) is -0.180. The average molecular weight is 304 g/mol. The van der Waals surface area contributed by atoms with Crippen molar-refractivity contribution in [3.05, 3.63) is 32.5 Å². The topological polar surface area (TPSA) is 62.2 Å². The van der Waals surface area contributed by atoms with Crippen molar-refractivity contribution in [2.75, 3.05) is 11.9 Å². The lowest BCUT2D eigenvalue weighted by Crippen LogP contribution is -2.09. The number of aryl methyl sites for hydroxylation is 2. The number of carbonyl (C=O) groups excluding carboxylic acids is 1. The zero-order chi connectivity index (χ0) is 13.9. The molecule has 6 heteroatoms. The molecule has 1 amide bonds. The summed E-state index contributed by atoms with van der Waals surface area (Å²) in [6, 6.07) is 1.99. The first-order valence-electron chi connectivity index (χ1n) is 6.25. The van der Waals surface area contributed by atoms with Gasteiger partial charge < -0.3 is 5.11 Å². The Bertz CT molecular complexity index is 685. The van der Waals surface area contributed by atoms with Gasteiger partial charge >= 0.3 is 0 Å². The number of anilines is 1. The van der Waals surface area contributed by atoms with Gasteiger partial charge in [-0.05, 0) is 30.9 Å². The molecule has 0 spiro atoms. The first-order valence-corrected chi connectivity index (χ1v) is 7.88. The summed E-state index contributed by atoms with van der Waals surface area (Å²) in [5.41, 5.74) is 1.31. The highest BCUT2D eigenvalue weighted by atomic mass is 32.1. The lowest BCUT2D eigenvalue weighted by Gasteiger charge is -1.97. The average Bonchev–Trinajstić information content (AvgIpc) is 3.11. The fraction of sp³-hybridized carbons (Fsp3) is 0.286. The van der Waals surface area contributed by atoms with Crippen LogP contribution in [0.15, 0.2) is 12.3 Å². The van der Waals surface area contributed by atoms with Gasteiger partial charge in [-0.15, -0.1) is 11.3 Å². The van der Waals surface area contributed by atoms with Crippen LogP contribution in [0.5, 0.6) is 0 Å². The number of amides is 1. The molecule has 0 saturated carbocycles. The second kappa shape index (κ2) is 5.75. The molecule has 2 heterocycles. The monoisotopic (exact) mass is 304 g/mol. The number of carbonyl (C=O) groups is 1. The van der Waals surface area contributed by atoms with E-state index in [1.165, 1.54) is 28.2 Å². The van der Waals surface area contributed by atoms with E-state index in [1.54, 1.807) is 17.5 Å². The van der Waals surface area contributed by atoms with Crippen molar-refractivity contribution >= 4 is 33.7 Å². The number of aromatic nitrogens is 1. The van der Waals surface area contributed by atoms with Crippen LogP contribution in [0.3, 0.4) is 0 Å². The van der Waals surface area contributed by atoms with Gasteiger partial charge in [-0.1, -0.05) is 23.2 Å². The van der Waals surface area contributed by atoms with E-state index in [1.807, 2.05) is 6.07 Å². The third kappa shape index (κ3) is 2.75. The summed E-state index contributed by atoms with van der Waals surface area (Å²) in [5.74, 6) is 5.21. The zero-order valence-electron chi connectivity index (χ0n) is 10.6. The van der Waals surface area contributed by atoms with Crippen molar-refractivity contribution in [3.63, 3.8) is 0 Å². The van der Waals surface area contributed by atoms with Crippen molar-refractivity contribution in [1.29, 1.82) is 0 Å². The molecular weight excluding hydrogens is 292 g/mol. The van der Waals surface area contributed by atoms with E-state index in [9.17, 15) is 4.79 Å². The maximum atomic E-state index is 12.1. The summed E-state index contributed by atoms with van der Waals surface area (Å²) in [4.78, 5) is 19.0. The number of aliphatic hydroxyl groups excluding tert-OH is 1. The van der Waals surface area contributed by atoms with E-state index < -0.39 is 0 Å². The van der Waals surface area contributed by atoms with Crippen LogP contribution in [-0.4, -0.2) is 22.6 Å². The molecule has 2 aromatic rings. The lowest BCUT2D eigenvalue weighted by molar-refractivity contribution is 0.103. The van der Waals surface area contributed by atoms with E-state index in [4.69, 9.17) is 5.11 Å². The van der Waals surface area contributed by atoms with Crippen LogP contribution in [-0.2, 0) is 12.8 Å². The molecule has 20 heavy (non-hydrogen) atoms. The molecule has 2 N–H and O–H groups in total. The summed E-state index contributed by atoms with van der Waals surface area (Å²) in [6.07, 6.45) is 4.96. The Kier molecular flexibility index (Phi) is 3.83. The maximum absolute atomic E-state index is 12.1. The molecule has 0 unspecified atom stereocenters. The Morgan fingerprint density at radius 2 is 2.35 bits per heavy atom. The Morgan fingerprint density at radius 1 is 1.45 bits per heavy atom. The van der Waals surface area contributed by atoms with Crippen molar-refractivity contribution in [2.45, 2.75) is 19.3 Å². The van der Waals surface area contributed by atoms with Gasteiger partial charge in [0.2, 0.25) is 0 Å². The fourth-order valence-corrected chi connectivity index (χ4v) is 3.95. The Balaban J connectivity index is 1.70. The number of rotatable bonds is 2. The molecule has 1 aliphatic carbocycles. The molecule has 0 saturated heterocycles. The normalized spacial score (nSPS) is 12.7. The minimum absolute atomic E-state index is 0.111. The number of thiazole rings is 1. The zero-order valence-corrected chi connectivity index (χ0v) is 12.2. The molecular formula is C14H12N2O2S2. The quantitative estimate of drug-likeness (QED) is 0.837. The van der Waals surface area contributed by atoms with Gasteiger partial charge in [0.15, 0.2) is 5.13 Å². The Morgan fingerprint density at radius 3 is 3.15 bits per heavy atom. The molecule has 3 rings (SSSR count). The van der Waals surface area contributed by atoms with Gasteiger partial charge in [0, 0.05) is 4.88 Å². The van der Waals surface area contributed by atoms with Gasteiger partial charge in [0.25, 0.3) is 5.91 Å². The van der Waals surface area contributed by atoms with Gasteiger partial charge in [-0.2, -0.15) is 0 Å². The summed E-state index contributed by atoms with van der Waals surface area (Å²) in [7, 11) is 0. The SMILES string of the molecule is O=C(Nc1ncc(C#CCO)s1)c1cc2c(s1)CCC2. The summed E-state index contributed by atoms with van der Waals surface area (Å²) < 4.78 is 0. The number of aliphatic hydroxyl groups is 1. The van der Waals surface area contributed by atoms with Gasteiger partial charge in [-0.3, -0.25) is 10.1 Å². The third-order valence-electron chi connectivity index (χ3n) is 2.99. The van der Waals surface area contributed by atoms with Crippen LogP contribution in [0.25, 0.3) is 0 Å². The van der Waals surface area contributed by atoms with Gasteiger partial charge in [0.05, 0.1) is 16.0 Å². The largest absolute Gasteiger partial charge is 0.384 e. The highest BCUT2D eigenvalue weighted by Gasteiger charge is 2.19. The minimum atomic E-state index is -0.180. The van der Waals surface area contributed by atoms with E-state index in [-0.39, 0.29) is 12.5 Å². The van der Waals surface area contributed by atoms with Crippen LogP contribution >= 0.6 is 22.7 Å². The number of hydrogen-bond acceptors (Lipinski definition) is 5. The predicted molar refractivity (Wildman–Crippen MR) is 80.4 cm³/mol. The molecule has 4 nitrogen and oxygen atoms in total. The molecule has 0 radical (unpaired) electrons. The lowest BCUT2D eigenvalue weighted by atomic mass is 10.2. The maximum Gasteiger partial charge on any atom is 0.267 e. The number of fused-ring (bicyclic) bond motifs is 1. The number of nitrogens with one attached hydrogen (secondary N) is 1. The first kappa shape index (κ1) is 13.3. The summed E-state index contributed by atoms with van der Waals surface area (Å²) >= 11 is 2.88. The number of thiophene rings is 1. The molecule has 0 atom stereocenters. The second-order valence-corrected chi connectivity index (χ2v) is 6.52. The fourth-order valence-electron chi connectivity index (χ4n) is 2.12. The van der Waals surface area contributed by atoms with E-state index in [2.05, 4.69) is 22.1 Å². The van der Waals surface area contributed by atoms with Crippen molar-refractivity contribution in [2.24, 2.45) is 0 Å². The van der Waals surface area contributed by atoms with E-state index in [0.29, 0.717) is 5.13 Å². The summed E-state index contributed by atoms with van der Waals surface area (Å²) in [5, 5.41) is 12.0. The Labute approximate surface area is 124 Å². The Hall–Kier alpha value is -1.68. The van der Waals surface area contributed by atoms with Crippen LogP contribution in [0.2, 0.25) is 0 Å². The van der Waals surface area contributed by atoms with Crippen LogP contribution < -0.4 is 5.32 Å². The van der Waals surface area contributed by atoms with Gasteiger partial charge in [-0.25, -0.2) is 4.98 Å². The van der Waals surface area contributed by atoms with Crippen LogP contribution in [0.4, 0.5) is 5.13 Å². The van der Waals surface area contributed by atoms with Crippen LogP contribution in [0.1, 0.15) is 31.4 Å². The smallest absolute Gasteiger partial charge is 0.267 e. The minimum Gasteiger partial charge on any atom is -0.384 e. The molecule has 2 aromatic heterocycles. The van der Waals surface area contributed by atoms with Crippen molar-refractivity contribution in [1.82, 2.24) is 4.98 Å². The first-order chi connectivity index (χ1) is 9.76. The highest BCUT2D eigenvalue weighted by Crippen LogP contribution is 2.31. The van der Waals surface area contributed by atoms with Gasteiger partial charge in [0.1, 0.15) is 6.61 Å². The molecule has 0 fully saturated rings. The molecule has 0 aromatic carbocycles. The molecule has 0 aliphatic heterocycles. The molecule has 1 aliphatic rings. The standard InChI is InChI=1S/C14H12N2O2S2/c17-6-2-4-10-8-15-14(19-10)16-13(18)12-7-9-3-1-5-11(9)20-12/h7-8,17H,1,3,5-6H2,(H,15,16,18). The predicted octanol–water partition coefficient (Wildman–Crippen LogP) is 2.29. The van der Waals surface area contributed by atoms with Crippen molar-refractivity contribution in [3.8, 4) is 11.8 Å². The molecule has 102 valence electrons. The molecule has 0 bridgehead atoms. The van der Waals surface area contributed by atoms with Crippen LogP contribution in [0, 0.1) is 11.8 Å². The third-order valence-corrected chi connectivity index (χ3v) is 5.05. The number of nitrogens with zero attached hydrogens (tertiary/aromatic N) is 1.